The molecule has 162 valence electrons. The number of rotatable bonds is 7. The molecule has 0 atom stereocenters. The van der Waals surface area contributed by atoms with Crippen LogP contribution in [0.15, 0.2) is 54.1 Å². The van der Waals surface area contributed by atoms with Crippen LogP contribution in [-0.2, 0) is 9.53 Å². The molecule has 4 rings (SSSR count). The van der Waals surface area contributed by atoms with Crippen molar-refractivity contribution in [2.75, 3.05) is 26.7 Å². The van der Waals surface area contributed by atoms with Crippen LogP contribution in [0.4, 0.5) is 0 Å². The fourth-order valence-corrected chi connectivity index (χ4v) is 4.80. The minimum absolute atomic E-state index is 0.0894. The molecule has 2 aromatic carbocycles. The summed E-state index contributed by atoms with van der Waals surface area (Å²) in [7, 11) is 1.46. The molecule has 3 nitrogen and oxygen atoms in total. The van der Waals surface area contributed by atoms with Gasteiger partial charge in [-0.25, -0.2) is 0 Å². The first-order valence-electron chi connectivity index (χ1n) is 11.6. The van der Waals surface area contributed by atoms with E-state index >= 15 is 0 Å². The Morgan fingerprint density at radius 2 is 1.42 bits per heavy atom. The number of nitrogens with zero attached hydrogens (tertiary/aromatic N) is 1. The summed E-state index contributed by atoms with van der Waals surface area (Å²) in [6, 6.07) is 17.6. The van der Waals surface area contributed by atoms with Crippen LogP contribution in [0.5, 0.6) is 0 Å². The fraction of sp³-hybridized carbons (Fsp3) is 0.393. The van der Waals surface area contributed by atoms with E-state index in [-0.39, 0.29) is 5.97 Å². The lowest BCUT2D eigenvalue weighted by molar-refractivity contribution is -0.140. The van der Waals surface area contributed by atoms with Crippen LogP contribution < -0.4 is 0 Å². The molecule has 1 fully saturated rings. The molecular formula is C28H33NO2. The van der Waals surface area contributed by atoms with Crippen molar-refractivity contribution in [3.8, 4) is 0 Å². The van der Waals surface area contributed by atoms with Crippen molar-refractivity contribution in [1.29, 1.82) is 0 Å². The summed E-state index contributed by atoms with van der Waals surface area (Å²) in [6.45, 7) is 3.44. The van der Waals surface area contributed by atoms with Crippen molar-refractivity contribution in [3.05, 3.63) is 76.4 Å². The van der Waals surface area contributed by atoms with Gasteiger partial charge in [-0.15, -0.1) is 0 Å². The third-order valence-corrected chi connectivity index (χ3v) is 6.55. The van der Waals surface area contributed by atoms with E-state index in [0.717, 1.165) is 45.3 Å². The highest BCUT2D eigenvalue weighted by Gasteiger charge is 2.22. The van der Waals surface area contributed by atoms with Gasteiger partial charge in [0, 0.05) is 19.5 Å². The number of carbonyl (C=O) groups excluding carboxylic acids is 1. The van der Waals surface area contributed by atoms with E-state index in [1.54, 1.807) is 5.57 Å². The molecule has 3 heteroatoms. The first kappa shape index (κ1) is 21.6. The largest absolute Gasteiger partial charge is 0.469 e. The Kier molecular flexibility index (Phi) is 7.37. The van der Waals surface area contributed by atoms with E-state index < -0.39 is 0 Å². The van der Waals surface area contributed by atoms with Gasteiger partial charge in [0.25, 0.3) is 0 Å². The lowest BCUT2D eigenvalue weighted by Gasteiger charge is -2.30. The zero-order chi connectivity index (χ0) is 21.5. The summed E-state index contributed by atoms with van der Waals surface area (Å²) in [5.74, 6) is -0.0894. The van der Waals surface area contributed by atoms with Gasteiger partial charge in [-0.05, 0) is 60.1 Å². The number of unbranched alkanes of at least 4 members (excludes halogenated alkanes) is 3. The molecule has 0 saturated carbocycles. The van der Waals surface area contributed by atoms with Crippen LogP contribution >= 0.6 is 0 Å². The van der Waals surface area contributed by atoms with Gasteiger partial charge in [0.15, 0.2) is 0 Å². The highest BCUT2D eigenvalue weighted by molar-refractivity contribution is 5.94. The Hall–Kier alpha value is -2.65. The van der Waals surface area contributed by atoms with E-state index in [2.05, 4.69) is 65.6 Å². The first-order valence-corrected chi connectivity index (χ1v) is 11.6. The smallest absolute Gasteiger partial charge is 0.305 e. The summed E-state index contributed by atoms with van der Waals surface area (Å²) in [5.41, 5.74) is 8.43. The van der Waals surface area contributed by atoms with Crippen LogP contribution in [0.2, 0.25) is 0 Å². The number of benzene rings is 2. The van der Waals surface area contributed by atoms with Crippen LogP contribution in [-0.4, -0.2) is 37.6 Å². The molecular weight excluding hydrogens is 382 g/mol. The normalized spacial score (nSPS) is 15.9. The van der Waals surface area contributed by atoms with Crippen molar-refractivity contribution in [1.82, 2.24) is 4.90 Å². The van der Waals surface area contributed by atoms with Gasteiger partial charge in [0.05, 0.1) is 7.11 Å². The number of piperidine rings is 1. The maximum absolute atomic E-state index is 11.2. The number of carbonyl (C=O) groups is 1. The highest BCUT2D eigenvalue weighted by atomic mass is 16.5. The van der Waals surface area contributed by atoms with Gasteiger partial charge < -0.3 is 9.64 Å². The Balaban J connectivity index is 1.39. The highest BCUT2D eigenvalue weighted by Crippen LogP contribution is 2.38. The Bertz CT molecular complexity index is 911. The standard InChI is InChI=1S/C28H33NO2/c1-31-27(30)14-4-2-3-9-19-29-20-17-24(18-21-29)28-25-12-7-5-10-22(25)15-16-23-11-6-8-13-26(23)28/h5-8,10-13,15-16H,2-4,9,14,17-21H2,1H3. The third-order valence-electron chi connectivity index (χ3n) is 6.55. The molecule has 1 aliphatic heterocycles. The number of ether oxygens (including phenoxy) is 1. The van der Waals surface area contributed by atoms with E-state index in [9.17, 15) is 4.79 Å². The Labute approximate surface area is 186 Å². The lowest BCUT2D eigenvalue weighted by Crippen LogP contribution is -2.32. The number of hydrogen-bond acceptors (Lipinski definition) is 3. The summed E-state index contributed by atoms with van der Waals surface area (Å²) < 4.78 is 4.71. The average Bonchev–Trinajstić information content (AvgIpc) is 2.98. The van der Waals surface area contributed by atoms with Crippen molar-refractivity contribution in [3.63, 3.8) is 0 Å². The monoisotopic (exact) mass is 415 g/mol. The van der Waals surface area contributed by atoms with E-state index in [1.165, 1.54) is 47.8 Å². The van der Waals surface area contributed by atoms with E-state index in [0.29, 0.717) is 6.42 Å². The predicted molar refractivity (Wildman–Crippen MR) is 129 cm³/mol. The second kappa shape index (κ2) is 10.6. The molecule has 0 spiro atoms. The molecule has 1 heterocycles. The summed E-state index contributed by atoms with van der Waals surface area (Å²) >= 11 is 0. The van der Waals surface area contributed by atoms with Crippen LogP contribution in [0, 0.1) is 0 Å². The number of fused-ring (bicyclic) bond motifs is 2. The number of methoxy groups -OCH3 is 1. The number of likely N-dealkylation sites (tertiary alicyclic amines) is 1. The SMILES string of the molecule is COC(=O)CCCCCCN1CCC(=C2c3ccccc3C=Cc3ccccc32)CC1. The third kappa shape index (κ3) is 5.34. The molecule has 2 aliphatic rings. The molecule has 0 radical (unpaired) electrons. The van der Waals surface area contributed by atoms with Gasteiger partial charge >= 0.3 is 5.97 Å². The maximum Gasteiger partial charge on any atom is 0.305 e. The van der Waals surface area contributed by atoms with Gasteiger partial charge in [-0.2, -0.15) is 0 Å². The maximum atomic E-state index is 11.2. The van der Waals surface area contributed by atoms with Crippen LogP contribution in [0.1, 0.15) is 67.2 Å². The molecule has 2 aromatic rings. The zero-order valence-corrected chi connectivity index (χ0v) is 18.6. The van der Waals surface area contributed by atoms with Crippen LogP contribution in [0.3, 0.4) is 0 Å². The second-order valence-corrected chi connectivity index (χ2v) is 8.57. The Morgan fingerprint density at radius 1 is 0.839 bits per heavy atom. The summed E-state index contributed by atoms with van der Waals surface area (Å²) in [6.07, 6.45) is 11.8. The first-order chi connectivity index (χ1) is 15.3. The second-order valence-electron chi connectivity index (χ2n) is 8.57. The van der Waals surface area contributed by atoms with Crippen molar-refractivity contribution >= 4 is 23.7 Å². The molecule has 0 unspecified atom stereocenters. The zero-order valence-electron chi connectivity index (χ0n) is 18.6. The van der Waals surface area contributed by atoms with Crippen LogP contribution in [0.25, 0.3) is 17.7 Å². The molecule has 0 N–H and O–H groups in total. The van der Waals surface area contributed by atoms with Gasteiger partial charge in [0.1, 0.15) is 0 Å². The average molecular weight is 416 g/mol. The predicted octanol–water partition coefficient (Wildman–Crippen LogP) is 6.19. The molecule has 0 aromatic heterocycles. The van der Waals surface area contributed by atoms with Crippen molar-refractivity contribution in [2.45, 2.75) is 44.9 Å². The van der Waals surface area contributed by atoms with E-state index in [4.69, 9.17) is 4.74 Å². The van der Waals surface area contributed by atoms with Crippen molar-refractivity contribution < 1.29 is 9.53 Å². The van der Waals surface area contributed by atoms with Crippen molar-refractivity contribution in [2.24, 2.45) is 0 Å². The number of esters is 1. The quantitative estimate of drug-likeness (QED) is 0.340. The molecule has 31 heavy (non-hydrogen) atoms. The van der Waals surface area contributed by atoms with Gasteiger partial charge in [-0.3, -0.25) is 4.79 Å². The number of hydrogen-bond donors (Lipinski definition) is 0. The van der Waals surface area contributed by atoms with E-state index in [1.807, 2.05) is 0 Å². The molecule has 0 bridgehead atoms. The topological polar surface area (TPSA) is 29.5 Å². The van der Waals surface area contributed by atoms with Gasteiger partial charge in [0.2, 0.25) is 0 Å². The van der Waals surface area contributed by atoms with Gasteiger partial charge in [-0.1, -0.05) is 79.1 Å². The molecule has 1 aliphatic carbocycles. The molecule has 0 amide bonds. The summed E-state index contributed by atoms with van der Waals surface area (Å²) in [4.78, 5) is 13.8. The lowest BCUT2D eigenvalue weighted by atomic mass is 9.86. The Morgan fingerprint density at radius 3 is 2.03 bits per heavy atom. The summed E-state index contributed by atoms with van der Waals surface area (Å²) in [5, 5.41) is 0. The minimum atomic E-state index is -0.0894. The minimum Gasteiger partial charge on any atom is -0.469 e. The fourth-order valence-electron chi connectivity index (χ4n) is 4.80. The molecule has 1 saturated heterocycles.